The molecule has 3 rings (SSSR count). The van der Waals surface area contributed by atoms with Crippen LogP contribution < -0.4 is 5.32 Å². The summed E-state index contributed by atoms with van der Waals surface area (Å²) < 4.78 is 5.41. The summed E-state index contributed by atoms with van der Waals surface area (Å²) in [4.78, 5) is 8.88. The van der Waals surface area contributed by atoms with Gasteiger partial charge in [-0.3, -0.25) is 0 Å². The number of ether oxygens (including phenoxy) is 1. The van der Waals surface area contributed by atoms with Gasteiger partial charge in [-0.15, -0.1) is 0 Å². The Morgan fingerprint density at radius 3 is 3.11 bits per heavy atom. The van der Waals surface area contributed by atoms with Crippen molar-refractivity contribution in [1.29, 1.82) is 0 Å². The Morgan fingerprint density at radius 1 is 1.39 bits per heavy atom. The Kier molecular flexibility index (Phi) is 3.11. The number of hydrogen-bond donors (Lipinski definition) is 1. The average molecular weight is 243 g/mol. The Bertz CT molecular complexity index is 537. The number of hydrogen-bond acceptors (Lipinski definition) is 4. The zero-order valence-corrected chi connectivity index (χ0v) is 10.5. The third kappa shape index (κ3) is 2.29. The summed E-state index contributed by atoms with van der Waals surface area (Å²) in [5, 5.41) is 4.44. The van der Waals surface area contributed by atoms with Crippen LogP contribution >= 0.6 is 0 Å². The molecule has 94 valence electrons. The van der Waals surface area contributed by atoms with Gasteiger partial charge >= 0.3 is 0 Å². The molecule has 2 heterocycles. The predicted molar refractivity (Wildman–Crippen MR) is 71.5 cm³/mol. The van der Waals surface area contributed by atoms with E-state index in [1.165, 1.54) is 0 Å². The lowest BCUT2D eigenvalue weighted by molar-refractivity contribution is 0.183. The highest BCUT2D eigenvalue weighted by molar-refractivity contribution is 5.78. The summed E-state index contributed by atoms with van der Waals surface area (Å²) in [7, 11) is 0. The van der Waals surface area contributed by atoms with Crippen LogP contribution in [0.5, 0.6) is 0 Å². The molecule has 1 aliphatic heterocycles. The van der Waals surface area contributed by atoms with E-state index in [0.29, 0.717) is 17.9 Å². The van der Waals surface area contributed by atoms with Crippen LogP contribution in [0.15, 0.2) is 30.5 Å². The van der Waals surface area contributed by atoms with Gasteiger partial charge in [-0.1, -0.05) is 18.2 Å². The van der Waals surface area contributed by atoms with Gasteiger partial charge in [0.1, 0.15) is 0 Å². The molecule has 1 N–H and O–H groups in total. The lowest BCUT2D eigenvalue weighted by Crippen LogP contribution is -2.27. The molecule has 1 aromatic heterocycles. The first-order chi connectivity index (χ1) is 8.83. The molecule has 0 saturated carbocycles. The maximum absolute atomic E-state index is 5.41. The molecule has 4 nitrogen and oxygen atoms in total. The summed E-state index contributed by atoms with van der Waals surface area (Å²) in [6.45, 7) is 3.87. The van der Waals surface area contributed by atoms with Crippen LogP contribution in [-0.2, 0) is 4.74 Å². The molecular weight excluding hydrogens is 226 g/mol. The van der Waals surface area contributed by atoms with E-state index in [1.54, 1.807) is 0 Å². The second kappa shape index (κ2) is 4.90. The summed E-state index contributed by atoms with van der Waals surface area (Å²) in [5.41, 5.74) is 0.977. The summed E-state index contributed by atoms with van der Waals surface area (Å²) in [6, 6.07) is 8.36. The number of nitrogens with zero attached hydrogens (tertiary/aromatic N) is 2. The van der Waals surface area contributed by atoms with Gasteiger partial charge in [-0.25, -0.2) is 9.97 Å². The number of anilines is 1. The number of fused-ring (bicyclic) bond motifs is 1. The highest BCUT2D eigenvalue weighted by Gasteiger charge is 2.22. The topological polar surface area (TPSA) is 47.0 Å². The van der Waals surface area contributed by atoms with Crippen LogP contribution in [-0.4, -0.2) is 29.2 Å². The van der Waals surface area contributed by atoms with Gasteiger partial charge in [-0.2, -0.15) is 0 Å². The molecule has 1 fully saturated rings. The molecule has 0 aliphatic carbocycles. The highest BCUT2D eigenvalue weighted by atomic mass is 16.5. The molecule has 1 aromatic carbocycles. The van der Waals surface area contributed by atoms with E-state index < -0.39 is 0 Å². The second-order valence-electron chi connectivity index (χ2n) is 4.81. The number of nitrogens with one attached hydrogen (secondary N) is 1. The van der Waals surface area contributed by atoms with Crippen molar-refractivity contribution in [3.05, 3.63) is 30.5 Å². The SMILES string of the molecule is CC(Nc1ncc2ccccc2n1)C1CCOC1. The number of benzene rings is 1. The van der Waals surface area contributed by atoms with Crippen LogP contribution in [0.4, 0.5) is 5.95 Å². The van der Waals surface area contributed by atoms with Crippen molar-refractivity contribution in [3.8, 4) is 0 Å². The fourth-order valence-electron chi connectivity index (χ4n) is 2.31. The standard InChI is InChI=1S/C14H17N3O/c1-10(12-6-7-18-9-12)16-14-15-8-11-4-2-3-5-13(11)17-14/h2-5,8,10,12H,6-7,9H2,1H3,(H,15,16,17). The zero-order valence-electron chi connectivity index (χ0n) is 10.5. The van der Waals surface area contributed by atoms with Gasteiger partial charge in [0.15, 0.2) is 0 Å². The van der Waals surface area contributed by atoms with Gasteiger partial charge in [0.2, 0.25) is 5.95 Å². The Labute approximate surface area is 106 Å². The molecule has 0 bridgehead atoms. The van der Waals surface area contributed by atoms with E-state index in [4.69, 9.17) is 4.74 Å². The molecular formula is C14H17N3O. The molecule has 2 aromatic rings. The normalized spacial score (nSPS) is 21.1. The minimum atomic E-state index is 0.341. The van der Waals surface area contributed by atoms with Crippen molar-refractivity contribution in [2.75, 3.05) is 18.5 Å². The average Bonchev–Trinajstić information content (AvgIpc) is 2.92. The summed E-state index contributed by atoms with van der Waals surface area (Å²) in [6.07, 6.45) is 2.98. The Morgan fingerprint density at radius 2 is 2.28 bits per heavy atom. The predicted octanol–water partition coefficient (Wildman–Crippen LogP) is 2.47. The van der Waals surface area contributed by atoms with E-state index in [-0.39, 0.29) is 0 Å². The molecule has 0 spiro atoms. The number of aromatic nitrogens is 2. The van der Waals surface area contributed by atoms with E-state index in [1.807, 2.05) is 30.5 Å². The maximum Gasteiger partial charge on any atom is 0.223 e. The molecule has 4 heteroatoms. The zero-order chi connectivity index (χ0) is 12.4. The maximum atomic E-state index is 5.41. The van der Waals surface area contributed by atoms with Crippen LogP contribution in [0.25, 0.3) is 10.9 Å². The van der Waals surface area contributed by atoms with Crippen LogP contribution in [0, 0.1) is 5.92 Å². The van der Waals surface area contributed by atoms with Gasteiger partial charge in [0.25, 0.3) is 0 Å². The van der Waals surface area contributed by atoms with Gasteiger partial charge in [0, 0.05) is 30.1 Å². The molecule has 0 radical (unpaired) electrons. The minimum Gasteiger partial charge on any atom is -0.381 e. The van der Waals surface area contributed by atoms with Crippen molar-refractivity contribution < 1.29 is 4.74 Å². The third-order valence-corrected chi connectivity index (χ3v) is 3.52. The molecule has 2 atom stereocenters. The molecule has 1 aliphatic rings. The van der Waals surface area contributed by atoms with Crippen LogP contribution in [0.3, 0.4) is 0 Å². The fourth-order valence-corrected chi connectivity index (χ4v) is 2.31. The fraction of sp³-hybridized carbons (Fsp3) is 0.429. The molecule has 0 amide bonds. The van der Waals surface area contributed by atoms with E-state index in [9.17, 15) is 0 Å². The molecule has 2 unspecified atom stereocenters. The lowest BCUT2D eigenvalue weighted by atomic mass is 10.0. The molecule has 18 heavy (non-hydrogen) atoms. The third-order valence-electron chi connectivity index (χ3n) is 3.52. The van der Waals surface area contributed by atoms with Gasteiger partial charge in [0.05, 0.1) is 12.1 Å². The van der Waals surface area contributed by atoms with Gasteiger partial charge < -0.3 is 10.1 Å². The Hall–Kier alpha value is -1.68. The first-order valence-electron chi connectivity index (χ1n) is 6.39. The highest BCUT2D eigenvalue weighted by Crippen LogP contribution is 2.19. The van der Waals surface area contributed by atoms with Crippen molar-refractivity contribution in [2.24, 2.45) is 5.92 Å². The number of para-hydroxylation sites is 1. The number of rotatable bonds is 3. The molecule has 1 saturated heterocycles. The van der Waals surface area contributed by atoms with Crippen molar-refractivity contribution in [2.45, 2.75) is 19.4 Å². The van der Waals surface area contributed by atoms with Crippen molar-refractivity contribution >= 4 is 16.9 Å². The minimum absolute atomic E-state index is 0.341. The van der Waals surface area contributed by atoms with Crippen molar-refractivity contribution in [3.63, 3.8) is 0 Å². The van der Waals surface area contributed by atoms with E-state index >= 15 is 0 Å². The lowest BCUT2D eigenvalue weighted by Gasteiger charge is -2.19. The van der Waals surface area contributed by atoms with Crippen LogP contribution in [0.1, 0.15) is 13.3 Å². The quantitative estimate of drug-likeness (QED) is 0.899. The summed E-state index contributed by atoms with van der Waals surface area (Å²) in [5.74, 6) is 1.26. The first kappa shape index (κ1) is 11.4. The largest absolute Gasteiger partial charge is 0.381 e. The summed E-state index contributed by atoms with van der Waals surface area (Å²) >= 11 is 0. The van der Waals surface area contributed by atoms with E-state index in [0.717, 1.165) is 30.5 Å². The Balaban J connectivity index is 1.77. The van der Waals surface area contributed by atoms with Crippen molar-refractivity contribution in [1.82, 2.24) is 9.97 Å². The van der Waals surface area contributed by atoms with E-state index in [2.05, 4.69) is 22.2 Å². The monoisotopic (exact) mass is 243 g/mol. The first-order valence-corrected chi connectivity index (χ1v) is 6.39. The van der Waals surface area contributed by atoms with Gasteiger partial charge in [-0.05, 0) is 19.4 Å². The smallest absolute Gasteiger partial charge is 0.223 e. The van der Waals surface area contributed by atoms with Crippen LogP contribution in [0.2, 0.25) is 0 Å². The second-order valence-corrected chi connectivity index (χ2v) is 4.81.